The van der Waals surface area contributed by atoms with Gasteiger partial charge in [-0.25, -0.2) is 0 Å². The highest BCUT2D eigenvalue weighted by Gasteiger charge is 2.10. The van der Waals surface area contributed by atoms with Crippen LogP contribution in [0, 0.1) is 0 Å². The smallest absolute Gasteiger partial charge is 0.119 e. The summed E-state index contributed by atoms with van der Waals surface area (Å²) in [5.41, 5.74) is 6.82. The summed E-state index contributed by atoms with van der Waals surface area (Å²) in [6.45, 7) is 4.71. The molecule has 0 saturated carbocycles. The summed E-state index contributed by atoms with van der Waals surface area (Å²) in [6.07, 6.45) is 0.867. The predicted octanol–water partition coefficient (Wildman–Crippen LogP) is 1.90. The molecule has 0 bridgehead atoms. The number of aliphatic hydroxyl groups excluding tert-OH is 1. The summed E-state index contributed by atoms with van der Waals surface area (Å²) in [5.74, 6) is 1.07. The first kappa shape index (κ1) is 13.0. The van der Waals surface area contributed by atoms with Crippen molar-refractivity contribution in [1.82, 2.24) is 0 Å². The maximum Gasteiger partial charge on any atom is 0.119 e. The molecule has 0 fully saturated rings. The van der Waals surface area contributed by atoms with Crippen LogP contribution in [0.25, 0.3) is 0 Å². The maximum absolute atomic E-state index is 8.96. The maximum atomic E-state index is 8.96. The summed E-state index contributed by atoms with van der Waals surface area (Å²) in [4.78, 5) is 0. The van der Waals surface area contributed by atoms with Crippen molar-refractivity contribution in [3.8, 4) is 5.75 Å². The van der Waals surface area contributed by atoms with Gasteiger partial charge in [-0.05, 0) is 50.4 Å². The van der Waals surface area contributed by atoms with E-state index in [2.05, 4.69) is 0 Å². The van der Waals surface area contributed by atoms with E-state index in [9.17, 15) is 0 Å². The van der Waals surface area contributed by atoms with Crippen LogP contribution in [0.5, 0.6) is 5.75 Å². The van der Waals surface area contributed by atoms with E-state index in [0.717, 1.165) is 11.3 Å². The molecule has 1 rings (SSSR count). The molecular formula is C13H21NO2. The van der Waals surface area contributed by atoms with Crippen LogP contribution in [-0.4, -0.2) is 24.4 Å². The van der Waals surface area contributed by atoms with Gasteiger partial charge in [0.15, 0.2) is 0 Å². The molecule has 3 N–H and O–H groups in total. The van der Waals surface area contributed by atoms with Crippen molar-refractivity contribution in [3.05, 3.63) is 29.8 Å². The van der Waals surface area contributed by atoms with E-state index < -0.39 is 0 Å². The summed E-state index contributed by atoms with van der Waals surface area (Å²) in [7, 11) is 0. The Balaban J connectivity index is 2.79. The standard InChI is InChI=1S/C13H21NO2/c1-10(2)16-13-5-3-4-11(8-13)12(9-14)6-7-15/h3-5,8,10,12,15H,6-7,9,14H2,1-2H3. The molecule has 0 aliphatic heterocycles. The highest BCUT2D eigenvalue weighted by molar-refractivity contribution is 5.31. The molecule has 3 nitrogen and oxygen atoms in total. The van der Waals surface area contributed by atoms with Gasteiger partial charge < -0.3 is 15.6 Å². The quantitative estimate of drug-likeness (QED) is 0.774. The average molecular weight is 223 g/mol. The van der Waals surface area contributed by atoms with Crippen LogP contribution in [0.15, 0.2) is 24.3 Å². The molecule has 0 amide bonds. The van der Waals surface area contributed by atoms with Gasteiger partial charge in [-0.1, -0.05) is 12.1 Å². The van der Waals surface area contributed by atoms with Crippen molar-refractivity contribution in [2.45, 2.75) is 32.3 Å². The SMILES string of the molecule is CC(C)Oc1cccc(C(CN)CCO)c1. The molecule has 1 aromatic carbocycles. The minimum Gasteiger partial charge on any atom is -0.491 e. The Labute approximate surface area is 97.2 Å². The lowest BCUT2D eigenvalue weighted by molar-refractivity contribution is 0.241. The van der Waals surface area contributed by atoms with Crippen molar-refractivity contribution >= 4 is 0 Å². The van der Waals surface area contributed by atoms with Gasteiger partial charge in [-0.15, -0.1) is 0 Å². The lowest BCUT2D eigenvalue weighted by atomic mass is 9.96. The van der Waals surface area contributed by atoms with Gasteiger partial charge in [0.05, 0.1) is 6.10 Å². The van der Waals surface area contributed by atoms with Crippen LogP contribution in [0.3, 0.4) is 0 Å². The van der Waals surface area contributed by atoms with Gasteiger partial charge >= 0.3 is 0 Å². The molecule has 0 radical (unpaired) electrons. The first-order chi connectivity index (χ1) is 7.67. The van der Waals surface area contributed by atoms with E-state index in [4.69, 9.17) is 15.6 Å². The second-order valence-corrected chi connectivity index (χ2v) is 4.18. The van der Waals surface area contributed by atoms with Gasteiger partial charge in [-0.2, -0.15) is 0 Å². The topological polar surface area (TPSA) is 55.5 Å². The molecule has 3 heteroatoms. The Morgan fingerprint density at radius 1 is 1.38 bits per heavy atom. The highest BCUT2D eigenvalue weighted by atomic mass is 16.5. The lowest BCUT2D eigenvalue weighted by Crippen LogP contribution is -2.14. The number of benzene rings is 1. The summed E-state index contributed by atoms with van der Waals surface area (Å²) in [6, 6.07) is 7.94. The van der Waals surface area contributed by atoms with Crippen molar-refractivity contribution in [2.75, 3.05) is 13.2 Å². The zero-order valence-corrected chi connectivity index (χ0v) is 10.0. The first-order valence-electron chi connectivity index (χ1n) is 5.75. The van der Waals surface area contributed by atoms with Crippen LogP contribution < -0.4 is 10.5 Å². The lowest BCUT2D eigenvalue weighted by Gasteiger charge is -2.16. The number of aliphatic hydroxyl groups is 1. The fourth-order valence-corrected chi connectivity index (χ4v) is 1.69. The van der Waals surface area contributed by atoms with Crippen molar-refractivity contribution in [1.29, 1.82) is 0 Å². The number of hydrogen-bond acceptors (Lipinski definition) is 3. The second-order valence-electron chi connectivity index (χ2n) is 4.18. The normalized spacial score (nSPS) is 12.8. The van der Waals surface area contributed by atoms with E-state index >= 15 is 0 Å². The number of hydrogen-bond donors (Lipinski definition) is 2. The molecule has 16 heavy (non-hydrogen) atoms. The third kappa shape index (κ3) is 3.83. The fraction of sp³-hybridized carbons (Fsp3) is 0.538. The van der Waals surface area contributed by atoms with Crippen LogP contribution >= 0.6 is 0 Å². The molecule has 1 aromatic rings. The van der Waals surface area contributed by atoms with Crippen LogP contribution in [-0.2, 0) is 0 Å². The number of ether oxygens (including phenoxy) is 1. The number of rotatable bonds is 6. The molecule has 90 valence electrons. The molecule has 0 spiro atoms. The molecule has 0 aliphatic carbocycles. The molecule has 1 atom stereocenters. The monoisotopic (exact) mass is 223 g/mol. The van der Waals surface area contributed by atoms with Gasteiger partial charge in [-0.3, -0.25) is 0 Å². The van der Waals surface area contributed by atoms with E-state index in [1.807, 2.05) is 38.1 Å². The van der Waals surface area contributed by atoms with Gasteiger partial charge in [0.2, 0.25) is 0 Å². The summed E-state index contributed by atoms with van der Waals surface area (Å²) < 4.78 is 5.62. The summed E-state index contributed by atoms with van der Waals surface area (Å²) in [5, 5.41) is 8.96. The van der Waals surface area contributed by atoms with E-state index in [0.29, 0.717) is 13.0 Å². The largest absolute Gasteiger partial charge is 0.491 e. The molecular weight excluding hydrogens is 202 g/mol. The zero-order chi connectivity index (χ0) is 12.0. The van der Waals surface area contributed by atoms with Crippen LogP contribution in [0.1, 0.15) is 31.7 Å². The van der Waals surface area contributed by atoms with E-state index in [1.165, 1.54) is 0 Å². The van der Waals surface area contributed by atoms with E-state index in [-0.39, 0.29) is 18.6 Å². The summed E-state index contributed by atoms with van der Waals surface area (Å²) >= 11 is 0. The Hall–Kier alpha value is -1.06. The molecule has 1 unspecified atom stereocenters. The van der Waals surface area contributed by atoms with Crippen molar-refractivity contribution in [2.24, 2.45) is 5.73 Å². The molecule has 0 aromatic heterocycles. The third-order valence-corrected chi connectivity index (χ3v) is 2.46. The van der Waals surface area contributed by atoms with Gasteiger partial charge in [0.1, 0.15) is 5.75 Å². The average Bonchev–Trinajstić information content (AvgIpc) is 2.25. The molecule has 0 saturated heterocycles. The van der Waals surface area contributed by atoms with Gasteiger partial charge in [0.25, 0.3) is 0 Å². The second kappa shape index (κ2) is 6.51. The Morgan fingerprint density at radius 2 is 2.12 bits per heavy atom. The van der Waals surface area contributed by atoms with Crippen molar-refractivity contribution in [3.63, 3.8) is 0 Å². The predicted molar refractivity (Wildman–Crippen MR) is 65.7 cm³/mol. The van der Waals surface area contributed by atoms with Gasteiger partial charge in [0, 0.05) is 6.61 Å². The molecule has 0 heterocycles. The van der Waals surface area contributed by atoms with Crippen molar-refractivity contribution < 1.29 is 9.84 Å². The zero-order valence-electron chi connectivity index (χ0n) is 10.0. The minimum atomic E-state index is 0.164. The minimum absolute atomic E-state index is 0.164. The van der Waals surface area contributed by atoms with E-state index in [1.54, 1.807) is 0 Å². The Bertz CT molecular complexity index is 313. The third-order valence-electron chi connectivity index (χ3n) is 2.46. The fourth-order valence-electron chi connectivity index (χ4n) is 1.69. The van der Waals surface area contributed by atoms with Crippen LogP contribution in [0.4, 0.5) is 0 Å². The Morgan fingerprint density at radius 3 is 2.69 bits per heavy atom. The van der Waals surface area contributed by atoms with Crippen LogP contribution in [0.2, 0.25) is 0 Å². The molecule has 0 aliphatic rings. The Kier molecular flexibility index (Phi) is 5.29. The number of nitrogens with two attached hydrogens (primary N) is 1. The highest BCUT2D eigenvalue weighted by Crippen LogP contribution is 2.23. The first-order valence-corrected chi connectivity index (χ1v) is 5.75.